The summed E-state index contributed by atoms with van der Waals surface area (Å²) in [6, 6.07) is 12.9. The van der Waals surface area contributed by atoms with Crippen LogP contribution in [0.15, 0.2) is 42.5 Å². The van der Waals surface area contributed by atoms with Gasteiger partial charge in [-0.3, -0.25) is 9.59 Å². The number of benzene rings is 2. The Morgan fingerprint density at radius 2 is 1.77 bits per heavy atom. The van der Waals surface area contributed by atoms with Crippen molar-refractivity contribution in [2.45, 2.75) is 39.7 Å². The molecule has 0 aliphatic heterocycles. The van der Waals surface area contributed by atoms with Crippen LogP contribution < -0.4 is 10.6 Å². The van der Waals surface area contributed by atoms with Crippen molar-refractivity contribution in [3.63, 3.8) is 0 Å². The first kappa shape index (κ1) is 20.0. The molecule has 2 amide bonds. The zero-order chi connectivity index (χ0) is 19.1. The summed E-state index contributed by atoms with van der Waals surface area (Å²) in [5.74, 6) is -0.176. The Labute approximate surface area is 159 Å². The number of aryl methyl sites for hydroxylation is 2. The van der Waals surface area contributed by atoms with Gasteiger partial charge in [-0.05, 0) is 62.6 Å². The third-order valence-electron chi connectivity index (χ3n) is 4.25. The van der Waals surface area contributed by atoms with E-state index in [0.717, 1.165) is 5.56 Å². The molecule has 0 bridgehead atoms. The molecular formula is C21H25ClN2O2. The quantitative estimate of drug-likeness (QED) is 0.710. The number of carbonyl (C=O) groups excluding carboxylic acids is 2. The predicted octanol–water partition coefficient (Wildman–Crippen LogP) is 4.34. The van der Waals surface area contributed by atoms with Gasteiger partial charge in [0, 0.05) is 23.6 Å². The molecule has 0 saturated heterocycles. The Morgan fingerprint density at radius 3 is 2.46 bits per heavy atom. The Kier molecular flexibility index (Phi) is 7.22. The highest BCUT2D eigenvalue weighted by Gasteiger charge is 2.12. The van der Waals surface area contributed by atoms with Gasteiger partial charge in [-0.1, -0.05) is 35.4 Å². The van der Waals surface area contributed by atoms with Crippen LogP contribution in [0.4, 0.5) is 0 Å². The molecule has 0 aromatic heterocycles. The van der Waals surface area contributed by atoms with Crippen molar-refractivity contribution in [2.24, 2.45) is 0 Å². The van der Waals surface area contributed by atoms with E-state index in [4.69, 9.17) is 11.6 Å². The molecule has 0 heterocycles. The topological polar surface area (TPSA) is 58.2 Å². The minimum atomic E-state index is -0.161. The van der Waals surface area contributed by atoms with E-state index in [1.165, 1.54) is 11.1 Å². The van der Waals surface area contributed by atoms with Crippen LogP contribution in [0.1, 0.15) is 52.9 Å². The number of carbonyl (C=O) groups is 2. The molecule has 0 fully saturated rings. The fraction of sp³-hybridized carbons (Fsp3) is 0.333. The zero-order valence-corrected chi connectivity index (χ0v) is 16.2. The van der Waals surface area contributed by atoms with E-state index in [0.29, 0.717) is 30.0 Å². The second-order valence-corrected chi connectivity index (χ2v) is 6.95. The van der Waals surface area contributed by atoms with E-state index in [1.54, 1.807) is 24.3 Å². The molecule has 2 aromatic carbocycles. The largest absolute Gasteiger partial charge is 0.352 e. The summed E-state index contributed by atoms with van der Waals surface area (Å²) < 4.78 is 0. The summed E-state index contributed by atoms with van der Waals surface area (Å²) in [4.78, 5) is 24.1. The maximum absolute atomic E-state index is 12.1. The molecule has 4 nitrogen and oxygen atoms in total. The van der Waals surface area contributed by atoms with E-state index in [-0.39, 0.29) is 17.9 Å². The van der Waals surface area contributed by atoms with Crippen molar-refractivity contribution in [2.75, 3.05) is 6.54 Å². The second kappa shape index (κ2) is 9.39. The van der Waals surface area contributed by atoms with Crippen molar-refractivity contribution in [1.29, 1.82) is 0 Å². The molecule has 1 atom stereocenters. The molecule has 0 aliphatic rings. The van der Waals surface area contributed by atoms with Gasteiger partial charge in [-0.2, -0.15) is 0 Å². The van der Waals surface area contributed by atoms with Crippen molar-refractivity contribution in [1.82, 2.24) is 10.6 Å². The number of rotatable bonds is 7. The number of nitrogens with one attached hydrogen (secondary N) is 2. The SMILES string of the molecule is Cc1ccc(C)c(C(C)NC(=O)CCCNC(=O)c2ccc(Cl)cc2)c1. The van der Waals surface area contributed by atoms with Crippen LogP contribution in [0.5, 0.6) is 0 Å². The molecule has 1 unspecified atom stereocenters. The van der Waals surface area contributed by atoms with Crippen molar-refractivity contribution < 1.29 is 9.59 Å². The Balaban J connectivity index is 1.74. The van der Waals surface area contributed by atoms with Gasteiger partial charge < -0.3 is 10.6 Å². The Bertz CT molecular complexity index is 772. The molecule has 138 valence electrons. The van der Waals surface area contributed by atoms with Gasteiger partial charge >= 0.3 is 0 Å². The van der Waals surface area contributed by atoms with Crippen LogP contribution in [-0.4, -0.2) is 18.4 Å². The smallest absolute Gasteiger partial charge is 0.251 e. The summed E-state index contributed by atoms with van der Waals surface area (Å²) in [5.41, 5.74) is 4.03. The van der Waals surface area contributed by atoms with Gasteiger partial charge in [-0.15, -0.1) is 0 Å². The molecule has 5 heteroatoms. The number of hydrogen-bond donors (Lipinski definition) is 2. The minimum Gasteiger partial charge on any atom is -0.352 e. The second-order valence-electron chi connectivity index (χ2n) is 6.52. The lowest BCUT2D eigenvalue weighted by molar-refractivity contribution is -0.121. The number of amides is 2. The van der Waals surface area contributed by atoms with Gasteiger partial charge in [0.2, 0.25) is 5.91 Å². The molecule has 2 rings (SSSR count). The van der Waals surface area contributed by atoms with Gasteiger partial charge in [0.05, 0.1) is 6.04 Å². The summed E-state index contributed by atoms with van der Waals surface area (Å²) in [6.07, 6.45) is 0.959. The summed E-state index contributed by atoms with van der Waals surface area (Å²) >= 11 is 5.81. The third kappa shape index (κ3) is 5.88. The lowest BCUT2D eigenvalue weighted by atomic mass is 10.00. The molecule has 2 N–H and O–H groups in total. The standard InChI is InChI=1S/C21H25ClN2O2/c1-14-6-7-15(2)19(13-14)16(3)24-20(25)5-4-12-23-21(26)17-8-10-18(22)11-9-17/h6-11,13,16H,4-5,12H2,1-3H3,(H,23,26)(H,24,25). The van der Waals surface area contributed by atoms with Gasteiger partial charge in [0.1, 0.15) is 0 Å². The first-order chi connectivity index (χ1) is 12.4. The van der Waals surface area contributed by atoms with Crippen LogP contribution in [0.3, 0.4) is 0 Å². The van der Waals surface area contributed by atoms with Crippen LogP contribution >= 0.6 is 11.6 Å². The first-order valence-corrected chi connectivity index (χ1v) is 9.15. The van der Waals surface area contributed by atoms with Crippen LogP contribution in [0.25, 0.3) is 0 Å². The van der Waals surface area contributed by atoms with E-state index in [1.807, 2.05) is 20.8 Å². The lowest BCUT2D eigenvalue weighted by Gasteiger charge is -2.17. The normalized spacial score (nSPS) is 11.7. The van der Waals surface area contributed by atoms with E-state index in [2.05, 4.69) is 28.8 Å². The van der Waals surface area contributed by atoms with Crippen LogP contribution in [0.2, 0.25) is 5.02 Å². The first-order valence-electron chi connectivity index (χ1n) is 8.77. The molecule has 0 aliphatic carbocycles. The van der Waals surface area contributed by atoms with E-state index >= 15 is 0 Å². The van der Waals surface area contributed by atoms with Gasteiger partial charge in [-0.25, -0.2) is 0 Å². The summed E-state index contributed by atoms with van der Waals surface area (Å²) in [6.45, 7) is 6.53. The average molecular weight is 373 g/mol. The monoisotopic (exact) mass is 372 g/mol. The van der Waals surface area contributed by atoms with E-state index < -0.39 is 0 Å². The fourth-order valence-electron chi connectivity index (χ4n) is 2.77. The van der Waals surface area contributed by atoms with Crippen molar-refractivity contribution >= 4 is 23.4 Å². The Morgan fingerprint density at radius 1 is 1.08 bits per heavy atom. The number of hydrogen-bond acceptors (Lipinski definition) is 2. The summed E-state index contributed by atoms with van der Waals surface area (Å²) in [5, 5.41) is 6.43. The van der Waals surface area contributed by atoms with E-state index in [9.17, 15) is 9.59 Å². The number of halogens is 1. The van der Waals surface area contributed by atoms with Crippen LogP contribution in [0, 0.1) is 13.8 Å². The predicted molar refractivity (Wildman–Crippen MR) is 105 cm³/mol. The maximum atomic E-state index is 12.1. The van der Waals surface area contributed by atoms with Crippen molar-refractivity contribution in [3.8, 4) is 0 Å². The minimum absolute atomic E-state index is 0.0147. The highest BCUT2D eigenvalue weighted by molar-refractivity contribution is 6.30. The molecule has 0 saturated carbocycles. The molecule has 0 spiro atoms. The highest BCUT2D eigenvalue weighted by atomic mass is 35.5. The van der Waals surface area contributed by atoms with Crippen molar-refractivity contribution in [3.05, 3.63) is 69.7 Å². The van der Waals surface area contributed by atoms with Gasteiger partial charge in [0.25, 0.3) is 5.91 Å². The maximum Gasteiger partial charge on any atom is 0.251 e. The summed E-state index contributed by atoms with van der Waals surface area (Å²) in [7, 11) is 0. The highest BCUT2D eigenvalue weighted by Crippen LogP contribution is 2.19. The van der Waals surface area contributed by atoms with Gasteiger partial charge in [0.15, 0.2) is 0 Å². The average Bonchev–Trinajstić information content (AvgIpc) is 2.61. The lowest BCUT2D eigenvalue weighted by Crippen LogP contribution is -2.29. The van der Waals surface area contributed by atoms with Crippen LogP contribution in [-0.2, 0) is 4.79 Å². The molecule has 0 radical (unpaired) electrons. The third-order valence-corrected chi connectivity index (χ3v) is 4.50. The molecule has 2 aromatic rings. The molecule has 26 heavy (non-hydrogen) atoms. The molecular weight excluding hydrogens is 348 g/mol. The Hall–Kier alpha value is -2.33. The fourth-order valence-corrected chi connectivity index (χ4v) is 2.90. The zero-order valence-electron chi connectivity index (χ0n) is 15.4.